The minimum atomic E-state index is -1.51. The first-order valence-corrected chi connectivity index (χ1v) is 14.2. The number of benzene rings is 1. The number of hydrogen-bond donors (Lipinski definition) is 6. The van der Waals surface area contributed by atoms with Gasteiger partial charge in [-0.05, 0) is 68.2 Å². The van der Waals surface area contributed by atoms with Gasteiger partial charge in [0, 0.05) is 36.3 Å². The first kappa shape index (κ1) is 27.1. The molecule has 1 aromatic heterocycles. The zero-order valence-electron chi connectivity index (χ0n) is 22.6. The van der Waals surface area contributed by atoms with Crippen LogP contribution in [0.4, 0.5) is 0 Å². The van der Waals surface area contributed by atoms with Crippen LogP contribution in [0.25, 0.3) is 11.3 Å². The van der Waals surface area contributed by atoms with Crippen molar-refractivity contribution in [1.29, 1.82) is 0 Å². The van der Waals surface area contributed by atoms with Crippen LogP contribution in [-0.4, -0.2) is 88.9 Å². The van der Waals surface area contributed by atoms with E-state index < -0.39 is 58.8 Å². The Labute approximate surface area is 228 Å². The summed E-state index contributed by atoms with van der Waals surface area (Å²) >= 11 is 0. The molecule has 4 fully saturated rings. The van der Waals surface area contributed by atoms with Crippen molar-refractivity contribution in [2.24, 2.45) is 28.6 Å². The summed E-state index contributed by atoms with van der Waals surface area (Å²) in [7, 11) is 1.62. The van der Waals surface area contributed by atoms with Crippen molar-refractivity contribution in [3.8, 4) is 17.0 Å². The van der Waals surface area contributed by atoms with Gasteiger partial charge in [-0.25, -0.2) is 0 Å². The molecule has 10 nitrogen and oxygen atoms in total. The third-order valence-corrected chi connectivity index (χ3v) is 11.4. The van der Waals surface area contributed by atoms with Gasteiger partial charge in [-0.2, -0.15) is 0 Å². The van der Waals surface area contributed by atoms with E-state index in [-0.39, 0.29) is 31.6 Å². The lowest BCUT2D eigenvalue weighted by Crippen LogP contribution is -2.75. The van der Waals surface area contributed by atoms with Crippen molar-refractivity contribution in [2.75, 3.05) is 13.7 Å². The molecule has 1 heterocycles. The van der Waals surface area contributed by atoms with Crippen molar-refractivity contribution in [3.05, 3.63) is 30.5 Å². The van der Waals surface area contributed by atoms with Gasteiger partial charge < -0.3 is 35.4 Å². The smallest absolute Gasteiger partial charge is 0.118 e. The molecule has 0 radical (unpaired) electrons. The van der Waals surface area contributed by atoms with Crippen molar-refractivity contribution < 1.29 is 35.4 Å². The fourth-order valence-electron chi connectivity index (χ4n) is 9.41. The summed E-state index contributed by atoms with van der Waals surface area (Å²) in [5.41, 5.74) is -3.02. The fourth-order valence-corrected chi connectivity index (χ4v) is 9.41. The Kier molecular flexibility index (Phi) is 6.41. The minimum Gasteiger partial charge on any atom is -0.497 e. The number of aliphatic hydroxyl groups is 6. The van der Waals surface area contributed by atoms with Crippen molar-refractivity contribution >= 4 is 0 Å². The number of nitrogens with zero attached hydrogens (tertiary/aromatic N) is 3. The van der Waals surface area contributed by atoms with Crippen LogP contribution in [0.15, 0.2) is 30.5 Å². The standard InChI is InChI=1S/C29H41N3O7/c1-26-13-23(35)25-21(8-9-27(37)12-19(34)11-24(36)28(25,27)16-33)29(26,38)10-7-18(26)14-32-15-22(30-31-32)17-3-5-20(39-2)6-4-17/h3-6,15,18-19,21,23-25,33-38H,7-14,16H2,1-2H3/t18-,19+,21?,23?,24-,25?,26-,27+,28-,29+/m1/s1. The number of aromatic nitrogens is 3. The molecule has 2 aromatic rings. The van der Waals surface area contributed by atoms with Gasteiger partial charge in [0.05, 0.1) is 54.8 Å². The van der Waals surface area contributed by atoms with Gasteiger partial charge in [0.25, 0.3) is 0 Å². The summed E-state index contributed by atoms with van der Waals surface area (Å²) in [5.74, 6) is -0.306. The highest BCUT2D eigenvalue weighted by atomic mass is 16.5. The van der Waals surface area contributed by atoms with E-state index in [0.29, 0.717) is 19.4 Å². The topological polar surface area (TPSA) is 161 Å². The summed E-state index contributed by atoms with van der Waals surface area (Å²) in [6.07, 6.45) is 1.21. The predicted molar refractivity (Wildman–Crippen MR) is 140 cm³/mol. The molecule has 10 heteroatoms. The minimum absolute atomic E-state index is 0.0208. The molecular formula is C29H41N3O7. The molecule has 1 aromatic carbocycles. The third-order valence-electron chi connectivity index (χ3n) is 11.4. The van der Waals surface area contributed by atoms with Gasteiger partial charge in [-0.3, -0.25) is 4.68 Å². The quantitative estimate of drug-likeness (QED) is 0.325. The second-order valence-electron chi connectivity index (χ2n) is 12.9. The first-order valence-electron chi connectivity index (χ1n) is 14.2. The van der Waals surface area contributed by atoms with E-state index in [9.17, 15) is 30.6 Å². The zero-order valence-corrected chi connectivity index (χ0v) is 22.6. The predicted octanol–water partition coefficient (Wildman–Crippen LogP) is 1.12. The van der Waals surface area contributed by atoms with Crippen molar-refractivity contribution in [2.45, 2.75) is 87.9 Å². The lowest BCUT2D eigenvalue weighted by molar-refractivity contribution is -0.317. The Bertz CT molecular complexity index is 1210. The van der Waals surface area contributed by atoms with E-state index in [1.54, 1.807) is 11.8 Å². The summed E-state index contributed by atoms with van der Waals surface area (Å²) in [5, 5.41) is 76.8. The highest BCUT2D eigenvalue weighted by molar-refractivity contribution is 5.58. The summed E-state index contributed by atoms with van der Waals surface area (Å²) < 4.78 is 7.04. The number of fused-ring (bicyclic) bond motifs is 5. The lowest BCUT2D eigenvalue weighted by Gasteiger charge is -2.68. The molecule has 6 rings (SSSR count). The first-order chi connectivity index (χ1) is 18.5. The molecule has 214 valence electrons. The second kappa shape index (κ2) is 9.22. The molecule has 0 spiro atoms. The highest BCUT2D eigenvalue weighted by Crippen LogP contribution is 2.69. The van der Waals surface area contributed by atoms with Crippen LogP contribution in [0.2, 0.25) is 0 Å². The summed E-state index contributed by atoms with van der Waals surface area (Å²) in [6, 6.07) is 7.61. The van der Waals surface area contributed by atoms with E-state index in [1.807, 2.05) is 37.4 Å². The monoisotopic (exact) mass is 543 g/mol. The molecule has 3 unspecified atom stereocenters. The van der Waals surface area contributed by atoms with Crippen LogP contribution in [0, 0.1) is 28.6 Å². The molecule has 0 amide bonds. The van der Waals surface area contributed by atoms with Crippen LogP contribution < -0.4 is 4.74 Å². The SMILES string of the molecule is COc1ccc(-c2cn(C[C@H]3CC[C@]4(O)C5CC[C@]6(O)C[C@@H](O)C[C@@H](O)[C@]6(CO)C5C(O)C[C@]34C)nn2)cc1. The summed E-state index contributed by atoms with van der Waals surface area (Å²) in [6.45, 7) is 2.06. The second-order valence-corrected chi connectivity index (χ2v) is 12.9. The van der Waals surface area contributed by atoms with Gasteiger partial charge in [0.1, 0.15) is 11.4 Å². The van der Waals surface area contributed by atoms with E-state index in [1.165, 1.54) is 0 Å². The van der Waals surface area contributed by atoms with Gasteiger partial charge in [0.15, 0.2) is 0 Å². The Balaban J connectivity index is 1.28. The fraction of sp³-hybridized carbons (Fsp3) is 0.724. The average Bonchev–Trinajstić information content (AvgIpc) is 3.47. The van der Waals surface area contributed by atoms with Crippen LogP contribution in [0.3, 0.4) is 0 Å². The molecule has 0 saturated heterocycles. The van der Waals surface area contributed by atoms with E-state index in [4.69, 9.17) is 4.74 Å². The van der Waals surface area contributed by atoms with E-state index >= 15 is 0 Å². The molecule has 10 atom stereocenters. The van der Waals surface area contributed by atoms with Gasteiger partial charge in [-0.15, -0.1) is 5.10 Å². The average molecular weight is 544 g/mol. The maximum absolute atomic E-state index is 12.4. The third kappa shape index (κ3) is 3.68. The normalized spacial score (nSPS) is 45.3. The molecule has 4 aliphatic carbocycles. The molecule has 4 saturated carbocycles. The number of hydrogen-bond acceptors (Lipinski definition) is 9. The van der Waals surface area contributed by atoms with Crippen molar-refractivity contribution in [1.82, 2.24) is 15.0 Å². The summed E-state index contributed by atoms with van der Waals surface area (Å²) in [4.78, 5) is 0. The number of aliphatic hydroxyl groups excluding tert-OH is 4. The Morgan fingerprint density at radius 3 is 2.49 bits per heavy atom. The number of ether oxygens (including phenoxy) is 1. The lowest BCUT2D eigenvalue weighted by atomic mass is 9.40. The molecular weight excluding hydrogens is 502 g/mol. The van der Waals surface area contributed by atoms with Crippen LogP contribution >= 0.6 is 0 Å². The molecule has 6 N–H and O–H groups in total. The van der Waals surface area contributed by atoms with Crippen molar-refractivity contribution in [3.63, 3.8) is 0 Å². The maximum Gasteiger partial charge on any atom is 0.118 e. The Morgan fingerprint density at radius 2 is 1.79 bits per heavy atom. The van der Waals surface area contributed by atoms with Gasteiger partial charge in [0.2, 0.25) is 0 Å². The molecule has 0 bridgehead atoms. The van der Waals surface area contributed by atoms with Gasteiger partial charge in [-0.1, -0.05) is 12.1 Å². The maximum atomic E-state index is 12.4. The van der Waals surface area contributed by atoms with Gasteiger partial charge >= 0.3 is 0 Å². The molecule has 0 aliphatic heterocycles. The molecule has 4 aliphatic rings. The van der Waals surface area contributed by atoms with Crippen LogP contribution in [0.1, 0.15) is 51.9 Å². The number of methoxy groups -OCH3 is 1. The Morgan fingerprint density at radius 1 is 1.05 bits per heavy atom. The highest BCUT2D eigenvalue weighted by Gasteiger charge is 2.74. The molecule has 39 heavy (non-hydrogen) atoms. The number of rotatable bonds is 5. The van der Waals surface area contributed by atoms with E-state index in [0.717, 1.165) is 23.4 Å². The van der Waals surface area contributed by atoms with Crippen LogP contribution in [-0.2, 0) is 6.54 Å². The van der Waals surface area contributed by atoms with E-state index in [2.05, 4.69) is 10.3 Å². The van der Waals surface area contributed by atoms with Crippen LogP contribution in [0.5, 0.6) is 5.75 Å². The Hall–Kier alpha value is -2.08. The largest absolute Gasteiger partial charge is 0.497 e. The zero-order chi connectivity index (χ0) is 27.8.